The van der Waals surface area contributed by atoms with Crippen molar-refractivity contribution >= 4 is 0 Å². The van der Waals surface area contributed by atoms with Crippen molar-refractivity contribution in [1.82, 2.24) is 4.98 Å². The van der Waals surface area contributed by atoms with Crippen LogP contribution in [-0.2, 0) is 0 Å². The normalized spacial score (nSPS) is 12.1. The quantitative estimate of drug-likeness (QED) is 0.671. The van der Waals surface area contributed by atoms with E-state index in [0.717, 1.165) is 23.5 Å². The molecule has 0 fully saturated rings. The second-order valence-corrected chi connectivity index (χ2v) is 5.17. The van der Waals surface area contributed by atoms with Gasteiger partial charge in [0, 0.05) is 11.5 Å². The standard InChI is InChI=1S/C19H19NO2/c1-3-17(14-7-5-4-6-8-14)18-13-20-19(22-18)15-9-11-16(21-2)12-10-15/h4-13,17H,3H2,1-2H3. The van der Waals surface area contributed by atoms with E-state index in [4.69, 9.17) is 9.15 Å². The highest BCUT2D eigenvalue weighted by Crippen LogP contribution is 2.31. The smallest absolute Gasteiger partial charge is 0.226 e. The number of hydrogen-bond donors (Lipinski definition) is 0. The summed E-state index contributed by atoms with van der Waals surface area (Å²) in [5, 5.41) is 0. The Kier molecular flexibility index (Phi) is 4.24. The molecule has 0 amide bonds. The predicted molar refractivity (Wildman–Crippen MR) is 87.1 cm³/mol. The van der Waals surface area contributed by atoms with Gasteiger partial charge in [0.2, 0.25) is 5.89 Å². The van der Waals surface area contributed by atoms with Crippen molar-refractivity contribution in [1.29, 1.82) is 0 Å². The van der Waals surface area contributed by atoms with Crippen molar-refractivity contribution in [3.8, 4) is 17.2 Å². The van der Waals surface area contributed by atoms with Crippen molar-refractivity contribution in [3.63, 3.8) is 0 Å². The van der Waals surface area contributed by atoms with Crippen molar-refractivity contribution < 1.29 is 9.15 Å². The van der Waals surface area contributed by atoms with Gasteiger partial charge in [-0.05, 0) is 36.2 Å². The number of rotatable bonds is 5. The van der Waals surface area contributed by atoms with Crippen LogP contribution in [0.1, 0.15) is 30.6 Å². The van der Waals surface area contributed by atoms with Gasteiger partial charge in [0.1, 0.15) is 11.5 Å². The fourth-order valence-electron chi connectivity index (χ4n) is 2.60. The Hall–Kier alpha value is -2.55. The molecule has 0 saturated heterocycles. The number of nitrogens with zero attached hydrogens (tertiary/aromatic N) is 1. The Morgan fingerprint density at radius 1 is 1.05 bits per heavy atom. The highest BCUT2D eigenvalue weighted by atomic mass is 16.5. The van der Waals surface area contributed by atoms with Gasteiger partial charge in [-0.2, -0.15) is 0 Å². The van der Waals surface area contributed by atoms with Gasteiger partial charge < -0.3 is 9.15 Å². The first kappa shape index (κ1) is 14.4. The second kappa shape index (κ2) is 6.48. The van der Waals surface area contributed by atoms with Crippen LogP contribution >= 0.6 is 0 Å². The van der Waals surface area contributed by atoms with E-state index in [1.165, 1.54) is 5.56 Å². The van der Waals surface area contributed by atoms with E-state index in [9.17, 15) is 0 Å². The van der Waals surface area contributed by atoms with Crippen molar-refractivity contribution in [3.05, 3.63) is 72.1 Å². The van der Waals surface area contributed by atoms with Crippen LogP contribution < -0.4 is 4.74 Å². The molecule has 22 heavy (non-hydrogen) atoms. The van der Waals surface area contributed by atoms with Crippen molar-refractivity contribution in [2.75, 3.05) is 7.11 Å². The average molecular weight is 293 g/mol. The van der Waals surface area contributed by atoms with Crippen molar-refractivity contribution in [2.45, 2.75) is 19.3 Å². The zero-order chi connectivity index (χ0) is 15.4. The summed E-state index contributed by atoms with van der Waals surface area (Å²) >= 11 is 0. The van der Waals surface area contributed by atoms with Gasteiger partial charge in [0.25, 0.3) is 0 Å². The molecule has 0 bridgehead atoms. The van der Waals surface area contributed by atoms with Gasteiger partial charge in [-0.15, -0.1) is 0 Å². The Bertz CT molecular complexity index is 717. The third kappa shape index (κ3) is 2.89. The SMILES string of the molecule is CCC(c1ccccc1)c1cnc(-c2ccc(OC)cc2)o1. The maximum atomic E-state index is 6.00. The summed E-state index contributed by atoms with van der Waals surface area (Å²) in [6.45, 7) is 2.16. The molecule has 1 atom stereocenters. The molecule has 3 heteroatoms. The van der Waals surface area contributed by atoms with E-state index in [-0.39, 0.29) is 5.92 Å². The lowest BCUT2D eigenvalue weighted by molar-refractivity contribution is 0.415. The van der Waals surface area contributed by atoms with Crippen LogP contribution in [0.3, 0.4) is 0 Å². The minimum atomic E-state index is 0.237. The molecule has 1 unspecified atom stereocenters. The van der Waals surface area contributed by atoms with E-state index in [1.54, 1.807) is 7.11 Å². The monoisotopic (exact) mass is 293 g/mol. The molecule has 1 aromatic heterocycles. The number of oxazole rings is 1. The molecular formula is C19H19NO2. The molecule has 0 aliphatic rings. The molecular weight excluding hydrogens is 274 g/mol. The molecule has 3 rings (SSSR count). The van der Waals surface area contributed by atoms with Crippen LogP contribution in [0.5, 0.6) is 5.75 Å². The third-order valence-electron chi connectivity index (χ3n) is 3.81. The van der Waals surface area contributed by atoms with Gasteiger partial charge in [-0.3, -0.25) is 0 Å². The Morgan fingerprint density at radius 3 is 2.41 bits per heavy atom. The first-order valence-electron chi connectivity index (χ1n) is 7.47. The minimum absolute atomic E-state index is 0.237. The summed E-state index contributed by atoms with van der Waals surface area (Å²) in [6.07, 6.45) is 2.81. The van der Waals surface area contributed by atoms with Crippen molar-refractivity contribution in [2.24, 2.45) is 0 Å². The molecule has 0 N–H and O–H groups in total. The van der Waals surface area contributed by atoms with Gasteiger partial charge in [-0.25, -0.2) is 4.98 Å². The minimum Gasteiger partial charge on any atom is -0.497 e. The molecule has 0 saturated carbocycles. The van der Waals surface area contributed by atoms with Crippen LogP contribution in [0.4, 0.5) is 0 Å². The molecule has 3 aromatic rings. The number of hydrogen-bond acceptors (Lipinski definition) is 3. The van der Waals surface area contributed by atoms with Gasteiger partial charge in [0.15, 0.2) is 0 Å². The molecule has 0 radical (unpaired) electrons. The van der Waals surface area contributed by atoms with Crippen LogP contribution in [0.15, 0.2) is 65.2 Å². The molecule has 3 nitrogen and oxygen atoms in total. The summed E-state index contributed by atoms with van der Waals surface area (Å²) in [4.78, 5) is 4.43. The predicted octanol–water partition coefficient (Wildman–Crippen LogP) is 4.89. The summed E-state index contributed by atoms with van der Waals surface area (Å²) in [6, 6.07) is 18.1. The third-order valence-corrected chi connectivity index (χ3v) is 3.81. The first-order chi connectivity index (χ1) is 10.8. The van der Waals surface area contributed by atoms with Crippen LogP contribution in [0.25, 0.3) is 11.5 Å². The number of methoxy groups -OCH3 is 1. The Labute approximate surface area is 130 Å². The zero-order valence-electron chi connectivity index (χ0n) is 12.8. The van der Waals surface area contributed by atoms with E-state index in [1.807, 2.05) is 36.5 Å². The highest BCUT2D eigenvalue weighted by Gasteiger charge is 2.17. The number of benzene rings is 2. The fraction of sp³-hybridized carbons (Fsp3) is 0.211. The topological polar surface area (TPSA) is 35.3 Å². The lowest BCUT2D eigenvalue weighted by atomic mass is 9.95. The summed E-state index contributed by atoms with van der Waals surface area (Å²) in [5.41, 5.74) is 2.21. The Morgan fingerprint density at radius 2 is 1.77 bits per heavy atom. The maximum absolute atomic E-state index is 6.00. The van der Waals surface area contributed by atoms with E-state index in [0.29, 0.717) is 5.89 Å². The Balaban J connectivity index is 1.88. The molecule has 1 heterocycles. The van der Waals surface area contributed by atoms with E-state index in [2.05, 4.69) is 36.2 Å². The number of aromatic nitrogens is 1. The molecule has 0 aliphatic carbocycles. The van der Waals surface area contributed by atoms with Crippen LogP contribution in [0.2, 0.25) is 0 Å². The first-order valence-corrected chi connectivity index (χ1v) is 7.47. The van der Waals surface area contributed by atoms with Gasteiger partial charge >= 0.3 is 0 Å². The number of ether oxygens (including phenoxy) is 1. The maximum Gasteiger partial charge on any atom is 0.226 e. The van der Waals surface area contributed by atoms with Crippen LogP contribution in [-0.4, -0.2) is 12.1 Å². The largest absolute Gasteiger partial charge is 0.497 e. The summed E-state index contributed by atoms with van der Waals surface area (Å²) in [7, 11) is 1.66. The second-order valence-electron chi connectivity index (χ2n) is 5.17. The van der Waals surface area contributed by atoms with Crippen LogP contribution in [0, 0.1) is 0 Å². The lowest BCUT2D eigenvalue weighted by Gasteiger charge is -2.11. The summed E-state index contributed by atoms with van der Waals surface area (Å²) < 4.78 is 11.2. The molecule has 0 spiro atoms. The van der Waals surface area contributed by atoms with Gasteiger partial charge in [-0.1, -0.05) is 37.3 Å². The van der Waals surface area contributed by atoms with Gasteiger partial charge in [0.05, 0.1) is 13.3 Å². The highest BCUT2D eigenvalue weighted by molar-refractivity contribution is 5.54. The zero-order valence-corrected chi connectivity index (χ0v) is 12.8. The molecule has 2 aromatic carbocycles. The van der Waals surface area contributed by atoms with E-state index >= 15 is 0 Å². The average Bonchev–Trinajstić information content (AvgIpc) is 3.06. The van der Waals surface area contributed by atoms with E-state index < -0.39 is 0 Å². The fourth-order valence-corrected chi connectivity index (χ4v) is 2.60. The summed E-state index contributed by atoms with van der Waals surface area (Å²) in [5.74, 6) is 2.61. The molecule has 0 aliphatic heterocycles. The lowest BCUT2D eigenvalue weighted by Crippen LogP contribution is -1.97. The molecule has 112 valence electrons.